The van der Waals surface area contributed by atoms with E-state index >= 15 is 0 Å². The van der Waals surface area contributed by atoms with Crippen molar-refractivity contribution in [2.75, 3.05) is 11.4 Å². The largest absolute Gasteiger partial charge is 0.481 e. The number of nitrogens with zero attached hydrogens (tertiary/aromatic N) is 1. The molecular formula is C12H12BrNO2. The lowest BCUT2D eigenvalue weighted by Gasteiger charge is -2.18. The first kappa shape index (κ1) is 10.1. The highest BCUT2D eigenvalue weighted by Gasteiger charge is 2.41. The Morgan fingerprint density at radius 1 is 1.50 bits per heavy atom. The SMILES string of the molecule is O=C(O)C1CC2Cc3c(Br)cccc3N2C1. The maximum Gasteiger partial charge on any atom is 0.308 e. The third-order valence-electron chi connectivity index (χ3n) is 3.61. The van der Waals surface area contributed by atoms with Gasteiger partial charge in [-0.3, -0.25) is 4.79 Å². The fraction of sp³-hybridized carbons (Fsp3) is 0.417. The number of hydrogen-bond acceptors (Lipinski definition) is 2. The molecule has 1 aromatic carbocycles. The quantitative estimate of drug-likeness (QED) is 0.859. The molecule has 0 saturated carbocycles. The molecule has 2 aliphatic rings. The minimum Gasteiger partial charge on any atom is -0.481 e. The highest BCUT2D eigenvalue weighted by molar-refractivity contribution is 9.10. The first-order chi connectivity index (χ1) is 7.66. The van der Waals surface area contributed by atoms with Gasteiger partial charge in [-0.05, 0) is 30.5 Å². The second-order valence-electron chi connectivity index (χ2n) is 4.52. The van der Waals surface area contributed by atoms with Gasteiger partial charge in [0.1, 0.15) is 0 Å². The average Bonchev–Trinajstić information content (AvgIpc) is 2.76. The van der Waals surface area contributed by atoms with Gasteiger partial charge in [-0.1, -0.05) is 22.0 Å². The molecule has 0 spiro atoms. The van der Waals surface area contributed by atoms with Crippen molar-refractivity contribution in [3.8, 4) is 0 Å². The van der Waals surface area contributed by atoms with Gasteiger partial charge in [0.2, 0.25) is 0 Å². The molecule has 16 heavy (non-hydrogen) atoms. The van der Waals surface area contributed by atoms with Crippen molar-refractivity contribution in [1.82, 2.24) is 0 Å². The van der Waals surface area contributed by atoms with Crippen molar-refractivity contribution in [3.63, 3.8) is 0 Å². The topological polar surface area (TPSA) is 40.5 Å². The Kier molecular flexibility index (Phi) is 2.21. The molecule has 0 aliphatic carbocycles. The summed E-state index contributed by atoms with van der Waals surface area (Å²) in [5.41, 5.74) is 2.54. The predicted octanol–water partition coefficient (Wildman–Crippen LogP) is 2.28. The first-order valence-corrected chi connectivity index (χ1v) is 6.23. The maximum absolute atomic E-state index is 11.0. The standard InChI is InChI=1S/C12H12BrNO2/c13-10-2-1-3-11-9(10)5-8-4-7(12(15)16)6-14(8)11/h1-3,7-8H,4-6H2,(H,15,16). The van der Waals surface area contributed by atoms with Crippen LogP contribution in [0.15, 0.2) is 22.7 Å². The van der Waals surface area contributed by atoms with Crippen LogP contribution in [0.3, 0.4) is 0 Å². The van der Waals surface area contributed by atoms with Crippen LogP contribution in [0.5, 0.6) is 0 Å². The van der Waals surface area contributed by atoms with E-state index in [-0.39, 0.29) is 5.92 Å². The van der Waals surface area contributed by atoms with Gasteiger partial charge >= 0.3 is 5.97 Å². The number of rotatable bonds is 1. The molecule has 0 radical (unpaired) electrons. The van der Waals surface area contributed by atoms with Crippen molar-refractivity contribution >= 4 is 27.6 Å². The molecule has 2 aliphatic heterocycles. The fourth-order valence-electron chi connectivity index (χ4n) is 2.84. The zero-order valence-corrected chi connectivity index (χ0v) is 10.3. The monoisotopic (exact) mass is 281 g/mol. The molecule has 2 atom stereocenters. The zero-order valence-electron chi connectivity index (χ0n) is 8.69. The highest BCUT2D eigenvalue weighted by atomic mass is 79.9. The third-order valence-corrected chi connectivity index (χ3v) is 4.35. The summed E-state index contributed by atoms with van der Waals surface area (Å²) in [6.07, 6.45) is 1.75. The molecule has 0 amide bonds. The van der Waals surface area contributed by atoms with Crippen molar-refractivity contribution in [2.24, 2.45) is 5.92 Å². The van der Waals surface area contributed by atoms with Crippen LogP contribution in [0.2, 0.25) is 0 Å². The van der Waals surface area contributed by atoms with Crippen LogP contribution in [-0.2, 0) is 11.2 Å². The zero-order chi connectivity index (χ0) is 11.3. The Morgan fingerprint density at radius 2 is 2.31 bits per heavy atom. The van der Waals surface area contributed by atoms with Gasteiger partial charge in [0.05, 0.1) is 5.92 Å². The fourth-order valence-corrected chi connectivity index (χ4v) is 3.36. The van der Waals surface area contributed by atoms with E-state index in [1.807, 2.05) is 6.07 Å². The van der Waals surface area contributed by atoms with E-state index in [0.29, 0.717) is 12.6 Å². The number of fused-ring (bicyclic) bond motifs is 3. The third kappa shape index (κ3) is 1.36. The van der Waals surface area contributed by atoms with Gasteiger partial charge < -0.3 is 10.0 Å². The molecule has 84 valence electrons. The Morgan fingerprint density at radius 3 is 3.06 bits per heavy atom. The minimum absolute atomic E-state index is 0.197. The van der Waals surface area contributed by atoms with Crippen LogP contribution < -0.4 is 4.90 Å². The van der Waals surface area contributed by atoms with E-state index in [9.17, 15) is 4.79 Å². The van der Waals surface area contributed by atoms with E-state index in [1.165, 1.54) is 11.3 Å². The molecular weight excluding hydrogens is 270 g/mol. The lowest BCUT2D eigenvalue weighted by molar-refractivity contribution is -0.141. The summed E-state index contributed by atoms with van der Waals surface area (Å²) in [6.45, 7) is 0.656. The Balaban J connectivity index is 1.94. The molecule has 1 aromatic rings. The number of halogens is 1. The van der Waals surface area contributed by atoms with Crippen LogP contribution in [0.1, 0.15) is 12.0 Å². The number of carboxylic acids is 1. The van der Waals surface area contributed by atoms with Gasteiger partial charge in [-0.2, -0.15) is 0 Å². The normalized spacial score (nSPS) is 26.7. The number of anilines is 1. The molecule has 1 saturated heterocycles. The first-order valence-electron chi connectivity index (χ1n) is 5.43. The van der Waals surface area contributed by atoms with Crippen molar-refractivity contribution < 1.29 is 9.90 Å². The van der Waals surface area contributed by atoms with E-state index in [1.54, 1.807) is 0 Å². The minimum atomic E-state index is -0.661. The maximum atomic E-state index is 11.0. The molecule has 3 nitrogen and oxygen atoms in total. The van der Waals surface area contributed by atoms with E-state index in [2.05, 4.69) is 33.0 Å². The Bertz CT molecular complexity index is 460. The summed E-state index contributed by atoms with van der Waals surface area (Å²) >= 11 is 3.56. The molecule has 3 rings (SSSR count). The van der Waals surface area contributed by atoms with Crippen LogP contribution in [-0.4, -0.2) is 23.7 Å². The molecule has 0 bridgehead atoms. The molecule has 0 aromatic heterocycles. The van der Waals surface area contributed by atoms with Gasteiger partial charge in [0.15, 0.2) is 0 Å². The van der Waals surface area contributed by atoms with E-state index in [0.717, 1.165) is 17.3 Å². The van der Waals surface area contributed by atoms with Gasteiger partial charge in [-0.15, -0.1) is 0 Å². The summed E-state index contributed by atoms with van der Waals surface area (Å²) in [5, 5.41) is 9.04. The molecule has 4 heteroatoms. The average molecular weight is 282 g/mol. The molecule has 1 fully saturated rings. The highest BCUT2D eigenvalue weighted by Crippen LogP contribution is 2.42. The number of hydrogen-bond donors (Lipinski definition) is 1. The lowest BCUT2D eigenvalue weighted by Crippen LogP contribution is -2.25. The lowest BCUT2D eigenvalue weighted by atomic mass is 10.0. The van der Waals surface area contributed by atoms with Crippen LogP contribution in [0, 0.1) is 5.92 Å². The van der Waals surface area contributed by atoms with Crippen molar-refractivity contribution in [3.05, 3.63) is 28.2 Å². The predicted molar refractivity (Wildman–Crippen MR) is 64.7 cm³/mol. The van der Waals surface area contributed by atoms with Crippen LogP contribution >= 0.6 is 15.9 Å². The summed E-state index contributed by atoms with van der Waals surface area (Å²) in [5.74, 6) is -0.858. The Hall–Kier alpha value is -1.03. The Labute approximate surface area is 102 Å². The smallest absolute Gasteiger partial charge is 0.308 e. The summed E-state index contributed by atoms with van der Waals surface area (Å²) < 4.78 is 1.14. The number of benzene rings is 1. The summed E-state index contributed by atoms with van der Waals surface area (Å²) in [7, 11) is 0. The molecule has 2 unspecified atom stereocenters. The van der Waals surface area contributed by atoms with E-state index in [4.69, 9.17) is 5.11 Å². The van der Waals surface area contributed by atoms with Gasteiger partial charge in [0, 0.05) is 22.7 Å². The number of aliphatic carboxylic acids is 1. The summed E-state index contributed by atoms with van der Waals surface area (Å²) in [6, 6.07) is 6.54. The number of carboxylic acid groups (broad SMARTS) is 1. The molecule has 2 heterocycles. The van der Waals surface area contributed by atoms with E-state index < -0.39 is 5.97 Å². The van der Waals surface area contributed by atoms with Crippen LogP contribution in [0.4, 0.5) is 5.69 Å². The van der Waals surface area contributed by atoms with Crippen LogP contribution in [0.25, 0.3) is 0 Å². The van der Waals surface area contributed by atoms with Gasteiger partial charge in [-0.25, -0.2) is 0 Å². The number of carbonyl (C=O) groups is 1. The summed E-state index contributed by atoms with van der Waals surface area (Å²) in [4.78, 5) is 13.2. The second kappa shape index (κ2) is 3.48. The van der Waals surface area contributed by atoms with Crippen molar-refractivity contribution in [2.45, 2.75) is 18.9 Å². The molecule has 1 N–H and O–H groups in total. The van der Waals surface area contributed by atoms with Crippen molar-refractivity contribution in [1.29, 1.82) is 0 Å². The van der Waals surface area contributed by atoms with Gasteiger partial charge in [0.25, 0.3) is 0 Å². The second-order valence-corrected chi connectivity index (χ2v) is 5.37.